The Balaban J connectivity index is 0.000000172. The molecule has 0 aliphatic carbocycles. The largest absolute Gasteiger partial charge is 0.345 e. The third kappa shape index (κ3) is 10.2. The molecular formula is C45H60N6. The summed E-state index contributed by atoms with van der Waals surface area (Å²) < 4.78 is 0. The predicted molar refractivity (Wildman–Crippen MR) is 217 cm³/mol. The molecule has 0 fully saturated rings. The van der Waals surface area contributed by atoms with Crippen LogP contribution in [-0.2, 0) is 0 Å². The highest BCUT2D eigenvalue weighted by atomic mass is 15.0. The van der Waals surface area contributed by atoms with Gasteiger partial charge in [0, 0.05) is 51.5 Å². The van der Waals surface area contributed by atoms with Gasteiger partial charge in [-0.05, 0) is 17.8 Å². The predicted octanol–water partition coefficient (Wildman–Crippen LogP) is 13.0. The Labute approximate surface area is 307 Å². The molecule has 6 heteroatoms. The van der Waals surface area contributed by atoms with Gasteiger partial charge in [-0.15, -0.1) is 0 Å². The maximum Gasteiger partial charge on any atom is 0.109 e. The first kappa shape index (κ1) is 39.1. The average Bonchev–Trinajstić information content (AvgIpc) is 3.88. The van der Waals surface area contributed by atoms with Crippen molar-refractivity contribution in [3.05, 3.63) is 126 Å². The van der Waals surface area contributed by atoms with Crippen molar-refractivity contribution in [3.8, 4) is 33.8 Å². The smallest absolute Gasteiger partial charge is 0.109 e. The van der Waals surface area contributed by atoms with Gasteiger partial charge >= 0.3 is 0 Å². The van der Waals surface area contributed by atoms with Crippen molar-refractivity contribution in [1.82, 2.24) is 29.9 Å². The highest BCUT2D eigenvalue weighted by Gasteiger charge is 2.18. The number of hydrogen-bond donors (Lipinski definition) is 3. The van der Waals surface area contributed by atoms with Gasteiger partial charge in [0.1, 0.15) is 17.5 Å². The SMILES string of the molecule is CC(C)c1nc(-c2ccccc2)c(C(C)C)[nH]1.CC(C)c1nc(-c2ccccc2)c(C(C)C)[nH]1.CC(C)c1nc(-c2ccccc2)c(C(C)C)[nH]1. The molecule has 51 heavy (non-hydrogen) atoms. The molecule has 0 saturated carbocycles. The Hall–Kier alpha value is -4.71. The monoisotopic (exact) mass is 684 g/mol. The molecule has 0 radical (unpaired) electrons. The van der Waals surface area contributed by atoms with Gasteiger partial charge in [-0.2, -0.15) is 0 Å². The molecule has 3 N–H and O–H groups in total. The van der Waals surface area contributed by atoms with E-state index in [-0.39, 0.29) is 0 Å². The van der Waals surface area contributed by atoms with Crippen LogP contribution in [0.15, 0.2) is 91.0 Å². The van der Waals surface area contributed by atoms with E-state index in [1.54, 1.807) is 0 Å². The van der Waals surface area contributed by atoms with Gasteiger partial charge in [0.05, 0.1) is 17.1 Å². The van der Waals surface area contributed by atoms with Gasteiger partial charge in [-0.1, -0.05) is 174 Å². The van der Waals surface area contributed by atoms with E-state index >= 15 is 0 Å². The first-order valence-electron chi connectivity index (χ1n) is 18.7. The Morgan fingerprint density at radius 1 is 0.314 bits per heavy atom. The second-order valence-electron chi connectivity index (χ2n) is 15.2. The second kappa shape index (κ2) is 18.0. The van der Waals surface area contributed by atoms with Gasteiger partial charge in [0.25, 0.3) is 0 Å². The van der Waals surface area contributed by atoms with Crippen LogP contribution in [0.5, 0.6) is 0 Å². The van der Waals surface area contributed by atoms with Crippen LogP contribution in [0.3, 0.4) is 0 Å². The lowest BCUT2D eigenvalue weighted by molar-refractivity contribution is 0.771. The summed E-state index contributed by atoms with van der Waals surface area (Å²) in [6, 6.07) is 31.2. The highest BCUT2D eigenvalue weighted by Crippen LogP contribution is 2.31. The molecule has 6 aromatic rings. The van der Waals surface area contributed by atoms with Gasteiger partial charge in [-0.25, -0.2) is 15.0 Å². The van der Waals surface area contributed by atoms with Crippen molar-refractivity contribution in [2.75, 3.05) is 0 Å². The molecule has 0 amide bonds. The molecule has 0 aliphatic rings. The zero-order valence-corrected chi connectivity index (χ0v) is 33.0. The number of hydrogen-bond acceptors (Lipinski definition) is 3. The van der Waals surface area contributed by atoms with Crippen LogP contribution in [0.2, 0.25) is 0 Å². The standard InChI is InChI=1S/3C15H20N2/c3*1-10(2)13-14(12-8-6-5-7-9-12)17-15(16-13)11(3)4/h3*5-11H,1-4H3,(H,16,17). The molecule has 0 aliphatic heterocycles. The number of nitrogens with zero attached hydrogens (tertiary/aromatic N) is 3. The van der Waals surface area contributed by atoms with Crippen molar-refractivity contribution >= 4 is 0 Å². The molecule has 270 valence electrons. The Kier molecular flexibility index (Phi) is 13.8. The van der Waals surface area contributed by atoms with Crippen molar-refractivity contribution in [2.45, 2.75) is 119 Å². The highest BCUT2D eigenvalue weighted by molar-refractivity contribution is 5.64. The number of nitrogens with one attached hydrogen (secondary N) is 3. The second-order valence-corrected chi connectivity index (χ2v) is 15.2. The van der Waals surface area contributed by atoms with Gasteiger partial charge in [0.2, 0.25) is 0 Å². The minimum absolute atomic E-state index is 0.435. The molecular weight excluding hydrogens is 625 g/mol. The number of aromatic amines is 3. The number of imidazole rings is 3. The van der Waals surface area contributed by atoms with Crippen LogP contribution in [-0.4, -0.2) is 29.9 Å². The van der Waals surface area contributed by atoms with E-state index in [9.17, 15) is 0 Å². The van der Waals surface area contributed by atoms with Crippen molar-refractivity contribution < 1.29 is 0 Å². The quantitative estimate of drug-likeness (QED) is 0.142. The topological polar surface area (TPSA) is 86.0 Å². The van der Waals surface area contributed by atoms with E-state index in [1.165, 1.54) is 33.8 Å². The first-order valence-corrected chi connectivity index (χ1v) is 18.7. The van der Waals surface area contributed by atoms with Crippen LogP contribution >= 0.6 is 0 Å². The van der Waals surface area contributed by atoms with E-state index in [1.807, 2.05) is 18.2 Å². The third-order valence-corrected chi connectivity index (χ3v) is 8.76. The summed E-state index contributed by atoms with van der Waals surface area (Å²) in [5.41, 5.74) is 10.6. The number of H-pyrrole nitrogens is 3. The fraction of sp³-hybridized carbons (Fsp3) is 0.400. The summed E-state index contributed by atoms with van der Waals surface area (Å²) in [6.07, 6.45) is 0. The maximum atomic E-state index is 4.75. The van der Waals surface area contributed by atoms with Crippen molar-refractivity contribution in [3.63, 3.8) is 0 Å². The molecule has 3 aromatic carbocycles. The molecule has 6 nitrogen and oxygen atoms in total. The van der Waals surface area contributed by atoms with E-state index in [4.69, 9.17) is 15.0 Å². The van der Waals surface area contributed by atoms with Crippen LogP contribution in [0, 0.1) is 0 Å². The lowest BCUT2D eigenvalue weighted by Gasteiger charge is -2.05. The molecule has 0 atom stereocenters. The van der Waals surface area contributed by atoms with Crippen molar-refractivity contribution in [1.29, 1.82) is 0 Å². The summed E-state index contributed by atoms with van der Waals surface area (Å²) in [6.45, 7) is 26.2. The number of rotatable bonds is 9. The lowest BCUT2D eigenvalue weighted by Crippen LogP contribution is -1.92. The number of aromatic nitrogens is 6. The van der Waals surface area contributed by atoms with Crippen LogP contribution < -0.4 is 0 Å². The average molecular weight is 685 g/mol. The Morgan fingerprint density at radius 3 is 0.706 bits per heavy atom. The van der Waals surface area contributed by atoms with E-state index in [2.05, 4.69) is 171 Å². The normalized spacial score (nSPS) is 11.4. The van der Waals surface area contributed by atoms with E-state index in [0.717, 1.165) is 34.6 Å². The van der Waals surface area contributed by atoms with Gasteiger partial charge in [0.15, 0.2) is 0 Å². The molecule has 0 spiro atoms. The summed E-state index contributed by atoms with van der Waals surface area (Å²) in [7, 11) is 0. The number of benzene rings is 3. The fourth-order valence-corrected chi connectivity index (χ4v) is 5.74. The third-order valence-electron chi connectivity index (χ3n) is 8.76. The van der Waals surface area contributed by atoms with E-state index in [0.29, 0.717) is 35.5 Å². The summed E-state index contributed by atoms with van der Waals surface area (Å²) in [5, 5.41) is 0. The summed E-state index contributed by atoms with van der Waals surface area (Å²) in [4.78, 5) is 24.6. The van der Waals surface area contributed by atoms with Crippen LogP contribution in [0.1, 0.15) is 153 Å². The summed E-state index contributed by atoms with van der Waals surface area (Å²) in [5.74, 6) is 5.92. The minimum atomic E-state index is 0.435. The molecule has 0 unspecified atom stereocenters. The summed E-state index contributed by atoms with van der Waals surface area (Å²) >= 11 is 0. The van der Waals surface area contributed by atoms with Crippen LogP contribution in [0.25, 0.3) is 33.8 Å². The Bertz CT molecular complexity index is 1670. The molecule has 3 aromatic heterocycles. The Morgan fingerprint density at radius 2 is 0.529 bits per heavy atom. The molecule has 6 rings (SSSR count). The molecule has 3 heterocycles. The van der Waals surface area contributed by atoms with Gasteiger partial charge in [-0.3, -0.25) is 0 Å². The lowest BCUT2D eigenvalue weighted by atomic mass is 10.0. The van der Waals surface area contributed by atoms with Crippen LogP contribution in [0.4, 0.5) is 0 Å². The molecule has 0 bridgehead atoms. The minimum Gasteiger partial charge on any atom is -0.345 e. The van der Waals surface area contributed by atoms with Gasteiger partial charge < -0.3 is 15.0 Å². The first-order chi connectivity index (χ1) is 24.3. The van der Waals surface area contributed by atoms with E-state index < -0.39 is 0 Å². The molecule has 0 saturated heterocycles. The zero-order chi connectivity index (χ0) is 37.2. The maximum absolute atomic E-state index is 4.75. The zero-order valence-electron chi connectivity index (χ0n) is 33.0. The van der Waals surface area contributed by atoms with Crippen molar-refractivity contribution in [2.24, 2.45) is 0 Å². The fourth-order valence-electron chi connectivity index (χ4n) is 5.74.